The lowest BCUT2D eigenvalue weighted by molar-refractivity contribution is 0.0785. The monoisotopic (exact) mass is 377 g/mol. The van der Waals surface area contributed by atoms with Gasteiger partial charge < -0.3 is 4.90 Å². The zero-order valence-electron chi connectivity index (χ0n) is 9.99. The molecule has 6 heteroatoms. The first-order valence-corrected chi connectivity index (χ1v) is 7.83. The van der Waals surface area contributed by atoms with Crippen molar-refractivity contribution in [2.24, 2.45) is 0 Å². The average molecular weight is 379 g/mol. The molecule has 2 nitrogen and oxygen atoms in total. The molecular formula is C13H10BrCl2NOS. The van der Waals surface area contributed by atoms with Crippen molar-refractivity contribution in [2.45, 2.75) is 6.54 Å². The van der Waals surface area contributed by atoms with Crippen molar-refractivity contribution in [3.8, 4) is 0 Å². The van der Waals surface area contributed by atoms with Crippen LogP contribution in [0.2, 0.25) is 10.0 Å². The minimum Gasteiger partial charge on any atom is -0.337 e. The lowest BCUT2D eigenvalue weighted by Crippen LogP contribution is -2.25. The van der Waals surface area contributed by atoms with Crippen molar-refractivity contribution in [1.82, 2.24) is 4.90 Å². The molecule has 0 fully saturated rings. The third kappa shape index (κ3) is 3.72. The quantitative estimate of drug-likeness (QED) is 0.728. The van der Waals surface area contributed by atoms with Crippen molar-refractivity contribution in [1.29, 1.82) is 0 Å². The van der Waals surface area contributed by atoms with Crippen LogP contribution in [0.3, 0.4) is 0 Å². The molecule has 19 heavy (non-hydrogen) atoms. The Morgan fingerprint density at radius 1 is 1.32 bits per heavy atom. The first kappa shape index (κ1) is 14.9. The Labute approximate surface area is 134 Å². The molecule has 0 unspecified atom stereocenters. The van der Waals surface area contributed by atoms with Gasteiger partial charge in [-0.05, 0) is 51.1 Å². The number of hydrogen-bond donors (Lipinski definition) is 0. The predicted molar refractivity (Wildman–Crippen MR) is 84.3 cm³/mol. The first-order chi connectivity index (χ1) is 8.97. The molecule has 0 saturated heterocycles. The van der Waals surface area contributed by atoms with Gasteiger partial charge in [0.15, 0.2) is 0 Å². The fraction of sp³-hybridized carbons (Fsp3) is 0.154. The van der Waals surface area contributed by atoms with Crippen LogP contribution in [-0.2, 0) is 6.54 Å². The van der Waals surface area contributed by atoms with Gasteiger partial charge in [0.05, 0.1) is 13.8 Å². The van der Waals surface area contributed by atoms with Crippen LogP contribution in [0.5, 0.6) is 0 Å². The summed E-state index contributed by atoms with van der Waals surface area (Å²) in [4.78, 5) is 13.9. The van der Waals surface area contributed by atoms with Crippen LogP contribution in [0.4, 0.5) is 0 Å². The van der Waals surface area contributed by atoms with Gasteiger partial charge in [0, 0.05) is 19.2 Å². The summed E-state index contributed by atoms with van der Waals surface area (Å²) >= 11 is 16.8. The highest BCUT2D eigenvalue weighted by atomic mass is 79.9. The van der Waals surface area contributed by atoms with Crippen LogP contribution in [0, 0.1) is 0 Å². The molecule has 0 spiro atoms. The number of halogens is 3. The highest BCUT2D eigenvalue weighted by Crippen LogP contribution is 2.24. The van der Waals surface area contributed by atoms with Crippen molar-refractivity contribution in [2.75, 3.05) is 7.05 Å². The Morgan fingerprint density at radius 2 is 2.05 bits per heavy atom. The van der Waals surface area contributed by atoms with Crippen LogP contribution in [0.15, 0.2) is 33.4 Å². The van der Waals surface area contributed by atoms with E-state index in [4.69, 9.17) is 23.2 Å². The van der Waals surface area contributed by atoms with Crippen LogP contribution in [0.25, 0.3) is 0 Å². The minimum atomic E-state index is -0.0825. The third-order valence-electron chi connectivity index (χ3n) is 2.55. The molecular weight excluding hydrogens is 369 g/mol. The van der Waals surface area contributed by atoms with E-state index in [9.17, 15) is 4.79 Å². The summed E-state index contributed by atoms with van der Waals surface area (Å²) in [6.45, 7) is 0.557. The average Bonchev–Trinajstić information content (AvgIpc) is 2.77. The highest BCUT2D eigenvalue weighted by Gasteiger charge is 2.14. The Kier molecular flexibility index (Phi) is 4.90. The van der Waals surface area contributed by atoms with Crippen molar-refractivity contribution < 1.29 is 4.79 Å². The largest absolute Gasteiger partial charge is 0.337 e. The van der Waals surface area contributed by atoms with E-state index < -0.39 is 0 Å². The van der Waals surface area contributed by atoms with E-state index in [2.05, 4.69) is 15.9 Å². The molecule has 0 saturated carbocycles. The highest BCUT2D eigenvalue weighted by molar-refractivity contribution is 9.11. The van der Waals surface area contributed by atoms with Gasteiger partial charge in [0.1, 0.15) is 0 Å². The summed E-state index contributed by atoms with van der Waals surface area (Å²) in [5.74, 6) is -0.0825. The Morgan fingerprint density at radius 3 is 2.63 bits per heavy atom. The standard InChI is InChI=1S/C13H10BrCl2NOS/c1-17(6-8-4-12(14)19-7-8)13(18)9-2-3-10(15)11(16)5-9/h2-5,7H,6H2,1H3. The van der Waals surface area contributed by atoms with Crippen LogP contribution in [0.1, 0.15) is 15.9 Å². The molecule has 1 aromatic carbocycles. The molecule has 2 rings (SSSR count). The second-order valence-corrected chi connectivity index (χ2v) is 7.15. The molecule has 0 radical (unpaired) electrons. The normalized spacial score (nSPS) is 10.5. The molecule has 2 aromatic rings. The molecule has 1 heterocycles. The molecule has 1 aromatic heterocycles. The number of hydrogen-bond acceptors (Lipinski definition) is 2. The Hall–Kier alpha value is -0.550. The smallest absolute Gasteiger partial charge is 0.253 e. The lowest BCUT2D eigenvalue weighted by Gasteiger charge is -2.16. The molecule has 0 aliphatic rings. The third-order valence-corrected chi connectivity index (χ3v) is 4.85. The summed E-state index contributed by atoms with van der Waals surface area (Å²) < 4.78 is 1.05. The maximum absolute atomic E-state index is 12.2. The van der Waals surface area contributed by atoms with Crippen LogP contribution >= 0.6 is 50.5 Å². The van der Waals surface area contributed by atoms with Gasteiger partial charge in [-0.15, -0.1) is 11.3 Å². The van der Waals surface area contributed by atoms with Crippen molar-refractivity contribution in [3.63, 3.8) is 0 Å². The molecule has 0 aliphatic heterocycles. The predicted octanol–water partition coefficient (Wildman–Crippen LogP) is 5.09. The van der Waals surface area contributed by atoms with E-state index >= 15 is 0 Å². The fourth-order valence-corrected chi connectivity index (χ4v) is 3.12. The Balaban J connectivity index is 2.12. The summed E-state index contributed by atoms with van der Waals surface area (Å²) in [5.41, 5.74) is 1.62. The molecule has 1 amide bonds. The van der Waals surface area contributed by atoms with E-state index in [0.717, 1.165) is 9.35 Å². The van der Waals surface area contributed by atoms with Gasteiger partial charge in [0.2, 0.25) is 0 Å². The number of benzene rings is 1. The molecule has 0 aliphatic carbocycles. The zero-order chi connectivity index (χ0) is 14.0. The minimum absolute atomic E-state index is 0.0825. The molecule has 100 valence electrons. The number of nitrogens with zero attached hydrogens (tertiary/aromatic N) is 1. The topological polar surface area (TPSA) is 20.3 Å². The number of rotatable bonds is 3. The summed E-state index contributed by atoms with van der Waals surface area (Å²) in [6.07, 6.45) is 0. The fourth-order valence-electron chi connectivity index (χ4n) is 1.62. The SMILES string of the molecule is CN(Cc1csc(Br)c1)C(=O)c1ccc(Cl)c(Cl)c1. The van der Waals surface area contributed by atoms with Gasteiger partial charge in [-0.2, -0.15) is 0 Å². The second-order valence-electron chi connectivity index (χ2n) is 4.05. The van der Waals surface area contributed by atoms with E-state index in [0.29, 0.717) is 22.2 Å². The summed E-state index contributed by atoms with van der Waals surface area (Å²) in [7, 11) is 1.76. The number of carbonyl (C=O) groups excluding carboxylic acids is 1. The zero-order valence-corrected chi connectivity index (χ0v) is 13.9. The Bertz CT molecular complexity index is 614. The summed E-state index contributed by atoms with van der Waals surface area (Å²) in [6, 6.07) is 6.90. The molecule has 0 bridgehead atoms. The van der Waals surface area contributed by atoms with Gasteiger partial charge in [0.25, 0.3) is 5.91 Å². The number of amides is 1. The van der Waals surface area contributed by atoms with E-state index in [1.54, 1.807) is 41.5 Å². The maximum atomic E-state index is 12.2. The van der Waals surface area contributed by atoms with Crippen molar-refractivity contribution in [3.05, 3.63) is 54.6 Å². The van der Waals surface area contributed by atoms with E-state index in [1.165, 1.54) is 0 Å². The second kappa shape index (κ2) is 6.27. The number of carbonyl (C=O) groups is 1. The number of thiophene rings is 1. The van der Waals surface area contributed by atoms with Gasteiger partial charge in [-0.1, -0.05) is 23.2 Å². The van der Waals surface area contributed by atoms with Gasteiger partial charge >= 0.3 is 0 Å². The molecule has 0 N–H and O–H groups in total. The van der Waals surface area contributed by atoms with E-state index in [-0.39, 0.29) is 5.91 Å². The summed E-state index contributed by atoms with van der Waals surface area (Å²) in [5, 5.41) is 2.85. The van der Waals surface area contributed by atoms with Gasteiger partial charge in [-0.25, -0.2) is 0 Å². The lowest BCUT2D eigenvalue weighted by atomic mass is 10.2. The first-order valence-electron chi connectivity index (χ1n) is 5.41. The van der Waals surface area contributed by atoms with E-state index in [1.807, 2.05) is 11.4 Å². The van der Waals surface area contributed by atoms with Crippen LogP contribution in [-0.4, -0.2) is 17.9 Å². The van der Waals surface area contributed by atoms with Crippen LogP contribution < -0.4 is 0 Å². The van der Waals surface area contributed by atoms with Crippen molar-refractivity contribution >= 4 is 56.4 Å². The maximum Gasteiger partial charge on any atom is 0.253 e. The van der Waals surface area contributed by atoms with Gasteiger partial charge in [-0.3, -0.25) is 4.79 Å². The molecule has 0 atom stereocenters.